The molecule has 7 nitrogen and oxygen atoms in total. The molecule has 0 aliphatic heterocycles. The Hall–Kier alpha value is -2.28. The van der Waals surface area contributed by atoms with Crippen molar-refractivity contribution in [1.29, 1.82) is 0 Å². The third-order valence-electron chi connectivity index (χ3n) is 2.86. The third-order valence-corrected chi connectivity index (χ3v) is 2.86. The number of carbonyl (C=O) groups is 1. The van der Waals surface area contributed by atoms with E-state index in [1.54, 1.807) is 37.2 Å². The van der Waals surface area contributed by atoms with Crippen LogP contribution >= 0.6 is 0 Å². The monoisotopic (exact) mass is 290 g/mol. The Morgan fingerprint density at radius 3 is 2.95 bits per heavy atom. The summed E-state index contributed by atoms with van der Waals surface area (Å²) in [7, 11) is 1.65. The normalized spacial score (nSPS) is 10.6. The van der Waals surface area contributed by atoms with Gasteiger partial charge in [0.25, 0.3) is 0 Å². The Labute approximate surface area is 122 Å². The number of rotatable bonds is 7. The van der Waals surface area contributed by atoms with Gasteiger partial charge in [-0.25, -0.2) is 9.48 Å². The van der Waals surface area contributed by atoms with Gasteiger partial charge in [-0.3, -0.25) is 4.98 Å². The van der Waals surface area contributed by atoms with Gasteiger partial charge in [-0.05, 0) is 25.5 Å². The average molecular weight is 290 g/mol. The number of nitrogens with zero attached hydrogens (tertiary/aromatic N) is 4. The van der Waals surface area contributed by atoms with Crippen LogP contribution < -0.4 is 0 Å². The molecule has 21 heavy (non-hydrogen) atoms. The zero-order chi connectivity index (χ0) is 15.1. The van der Waals surface area contributed by atoms with Crippen LogP contribution in [0.25, 0.3) is 11.3 Å². The van der Waals surface area contributed by atoms with Crippen LogP contribution in [0.2, 0.25) is 0 Å². The maximum absolute atomic E-state index is 12.0. The van der Waals surface area contributed by atoms with Gasteiger partial charge in [0.2, 0.25) is 0 Å². The largest absolute Gasteiger partial charge is 0.461 e. The van der Waals surface area contributed by atoms with Crippen LogP contribution in [0.5, 0.6) is 0 Å². The Balaban J connectivity index is 2.35. The highest BCUT2D eigenvalue weighted by atomic mass is 16.5. The number of esters is 1. The maximum atomic E-state index is 12.0. The van der Waals surface area contributed by atoms with Crippen molar-refractivity contribution < 1.29 is 14.3 Å². The molecular weight excluding hydrogens is 272 g/mol. The second-order valence-electron chi connectivity index (χ2n) is 4.32. The molecular formula is C14H18N4O3. The Kier molecular flexibility index (Phi) is 5.39. The molecule has 0 saturated heterocycles. The summed E-state index contributed by atoms with van der Waals surface area (Å²) in [4.78, 5) is 16.1. The van der Waals surface area contributed by atoms with Crippen LogP contribution in [0.3, 0.4) is 0 Å². The highest BCUT2D eigenvalue weighted by Gasteiger charge is 2.22. The molecule has 0 N–H and O–H groups in total. The van der Waals surface area contributed by atoms with Crippen molar-refractivity contribution in [3.05, 3.63) is 30.2 Å². The first-order valence-electron chi connectivity index (χ1n) is 6.77. The molecule has 2 rings (SSSR count). The lowest BCUT2D eigenvalue weighted by molar-refractivity contribution is 0.0520. The molecule has 0 fully saturated rings. The van der Waals surface area contributed by atoms with Gasteiger partial charge < -0.3 is 9.47 Å². The zero-order valence-electron chi connectivity index (χ0n) is 12.2. The third kappa shape index (κ3) is 3.63. The molecule has 0 amide bonds. The molecule has 0 spiro atoms. The zero-order valence-corrected chi connectivity index (χ0v) is 12.2. The Bertz CT molecular complexity index is 583. The van der Waals surface area contributed by atoms with Crippen molar-refractivity contribution in [2.45, 2.75) is 19.9 Å². The summed E-state index contributed by atoms with van der Waals surface area (Å²) in [6, 6.07) is 3.66. The molecule has 0 aromatic carbocycles. The molecule has 7 heteroatoms. The quantitative estimate of drug-likeness (QED) is 0.568. The highest BCUT2D eigenvalue weighted by Crippen LogP contribution is 2.22. The number of carbonyl (C=O) groups excluding carboxylic acids is 1. The molecule has 0 unspecified atom stereocenters. The fraction of sp³-hybridized carbons (Fsp3) is 0.429. The number of pyridine rings is 1. The van der Waals surface area contributed by atoms with Gasteiger partial charge >= 0.3 is 5.97 Å². The summed E-state index contributed by atoms with van der Waals surface area (Å²) in [6.45, 7) is 3.26. The smallest absolute Gasteiger partial charge is 0.361 e. The summed E-state index contributed by atoms with van der Waals surface area (Å²) >= 11 is 0. The lowest BCUT2D eigenvalue weighted by Gasteiger charge is -2.07. The molecule has 0 saturated carbocycles. The van der Waals surface area contributed by atoms with Gasteiger partial charge in [0.15, 0.2) is 5.69 Å². The van der Waals surface area contributed by atoms with Crippen LogP contribution in [0.15, 0.2) is 24.5 Å². The minimum Gasteiger partial charge on any atom is -0.461 e. The van der Waals surface area contributed by atoms with E-state index in [0.29, 0.717) is 25.5 Å². The van der Waals surface area contributed by atoms with E-state index in [9.17, 15) is 4.79 Å². The Morgan fingerprint density at radius 1 is 1.43 bits per heavy atom. The van der Waals surface area contributed by atoms with E-state index in [1.807, 2.05) is 6.07 Å². The van der Waals surface area contributed by atoms with Gasteiger partial charge in [0.05, 0.1) is 6.61 Å². The van der Waals surface area contributed by atoms with Crippen LogP contribution in [0, 0.1) is 0 Å². The van der Waals surface area contributed by atoms with Crippen LogP contribution in [0.4, 0.5) is 0 Å². The SMILES string of the molecule is CCOC(=O)c1nnn(CCCOC)c1-c1cccnc1. The molecule has 0 aliphatic rings. The molecule has 2 aromatic heterocycles. The number of hydrogen-bond donors (Lipinski definition) is 0. The lowest BCUT2D eigenvalue weighted by Crippen LogP contribution is -2.09. The minimum absolute atomic E-state index is 0.210. The van der Waals surface area contributed by atoms with E-state index in [-0.39, 0.29) is 5.69 Å². The van der Waals surface area contributed by atoms with Crippen LogP contribution in [0.1, 0.15) is 23.8 Å². The number of aromatic nitrogens is 4. The van der Waals surface area contributed by atoms with Gasteiger partial charge in [0.1, 0.15) is 5.69 Å². The highest BCUT2D eigenvalue weighted by molar-refractivity contribution is 5.93. The van der Waals surface area contributed by atoms with Gasteiger partial charge in [-0.1, -0.05) is 5.21 Å². The van der Waals surface area contributed by atoms with E-state index >= 15 is 0 Å². The fourth-order valence-corrected chi connectivity index (χ4v) is 1.95. The minimum atomic E-state index is -0.477. The van der Waals surface area contributed by atoms with Crippen molar-refractivity contribution in [3.8, 4) is 11.3 Å². The summed E-state index contributed by atoms with van der Waals surface area (Å²) in [5.74, 6) is -0.477. The standard InChI is InChI=1S/C14H18N4O3/c1-3-21-14(19)12-13(11-6-4-7-15-10-11)18(17-16-12)8-5-9-20-2/h4,6-7,10H,3,5,8-9H2,1-2H3. The number of ether oxygens (including phenoxy) is 2. The summed E-state index contributed by atoms with van der Waals surface area (Å²) < 4.78 is 11.7. The molecule has 2 heterocycles. The number of methoxy groups -OCH3 is 1. The molecule has 0 aliphatic carbocycles. The molecule has 0 atom stereocenters. The van der Waals surface area contributed by atoms with E-state index < -0.39 is 5.97 Å². The second kappa shape index (κ2) is 7.49. The average Bonchev–Trinajstić information content (AvgIpc) is 2.93. The lowest BCUT2D eigenvalue weighted by atomic mass is 10.1. The van der Waals surface area contributed by atoms with Crippen molar-refractivity contribution >= 4 is 5.97 Å². The van der Waals surface area contributed by atoms with Gasteiger partial charge in [-0.15, -0.1) is 5.10 Å². The van der Waals surface area contributed by atoms with Crippen molar-refractivity contribution in [1.82, 2.24) is 20.0 Å². The Morgan fingerprint density at radius 2 is 2.29 bits per heavy atom. The second-order valence-corrected chi connectivity index (χ2v) is 4.32. The van der Waals surface area contributed by atoms with Crippen molar-refractivity contribution in [3.63, 3.8) is 0 Å². The molecule has 2 aromatic rings. The topological polar surface area (TPSA) is 79.1 Å². The first-order chi connectivity index (χ1) is 10.3. The van der Waals surface area contributed by atoms with E-state index in [2.05, 4.69) is 15.3 Å². The van der Waals surface area contributed by atoms with Crippen LogP contribution in [-0.4, -0.2) is 46.3 Å². The number of aryl methyl sites for hydroxylation is 1. The van der Waals surface area contributed by atoms with Crippen LogP contribution in [-0.2, 0) is 16.0 Å². The fourth-order valence-electron chi connectivity index (χ4n) is 1.95. The van der Waals surface area contributed by atoms with Gasteiger partial charge in [-0.2, -0.15) is 0 Å². The molecule has 0 radical (unpaired) electrons. The predicted octanol–water partition coefficient (Wildman–Crippen LogP) is 1.55. The first kappa shape index (κ1) is 15.1. The summed E-state index contributed by atoms with van der Waals surface area (Å²) in [5.41, 5.74) is 1.61. The first-order valence-corrected chi connectivity index (χ1v) is 6.77. The van der Waals surface area contributed by atoms with Crippen molar-refractivity contribution in [2.24, 2.45) is 0 Å². The van der Waals surface area contributed by atoms with Crippen molar-refractivity contribution in [2.75, 3.05) is 20.3 Å². The van der Waals surface area contributed by atoms with Gasteiger partial charge in [0, 0.05) is 38.2 Å². The van der Waals surface area contributed by atoms with E-state index in [0.717, 1.165) is 12.0 Å². The predicted molar refractivity (Wildman–Crippen MR) is 75.7 cm³/mol. The number of hydrogen-bond acceptors (Lipinski definition) is 6. The summed E-state index contributed by atoms with van der Waals surface area (Å²) in [5, 5.41) is 8.01. The maximum Gasteiger partial charge on any atom is 0.361 e. The van der Waals surface area contributed by atoms with E-state index in [4.69, 9.17) is 9.47 Å². The molecule has 0 bridgehead atoms. The summed E-state index contributed by atoms with van der Waals surface area (Å²) in [6.07, 6.45) is 4.12. The van der Waals surface area contributed by atoms with E-state index in [1.165, 1.54) is 0 Å². The molecule has 112 valence electrons.